The number of halogens is 6. The number of alkyl halides is 6. The summed E-state index contributed by atoms with van der Waals surface area (Å²) in [5.74, 6) is -1.27. The van der Waals surface area contributed by atoms with Gasteiger partial charge in [0.15, 0.2) is 0 Å². The first-order valence-electron chi connectivity index (χ1n) is 8.68. The summed E-state index contributed by atoms with van der Waals surface area (Å²) in [6.07, 6.45) is -14.1. The van der Waals surface area contributed by atoms with Crippen LogP contribution >= 0.6 is 0 Å². The Bertz CT molecular complexity index is 537. The maximum Gasteiger partial charge on any atom is 0.510 e. The number of hydrogen-bond acceptors (Lipinski definition) is 4. The zero-order chi connectivity index (χ0) is 20.8. The molecule has 2 rings (SSSR count). The first kappa shape index (κ1) is 22.1. The highest BCUT2D eigenvalue weighted by molar-refractivity contribution is 5.61. The monoisotopic (exact) mass is 406 g/mol. The van der Waals surface area contributed by atoms with Crippen LogP contribution in [0.5, 0.6) is 0 Å². The van der Waals surface area contributed by atoms with E-state index >= 15 is 0 Å². The molecular formula is C17H24F6O4. The number of carbonyl (C=O) groups excluding carboxylic acids is 1. The van der Waals surface area contributed by atoms with Crippen molar-refractivity contribution in [2.24, 2.45) is 17.8 Å². The minimum absolute atomic E-state index is 0.0781. The molecule has 0 aliphatic heterocycles. The van der Waals surface area contributed by atoms with Crippen LogP contribution in [0.2, 0.25) is 0 Å². The summed E-state index contributed by atoms with van der Waals surface area (Å²) in [6.45, 7) is 3.95. The fourth-order valence-corrected chi connectivity index (χ4v) is 4.21. The predicted molar refractivity (Wildman–Crippen MR) is 81.9 cm³/mol. The lowest BCUT2D eigenvalue weighted by Crippen LogP contribution is -2.61. The smallest absolute Gasteiger partial charge is 0.429 e. The molecule has 2 aliphatic carbocycles. The van der Waals surface area contributed by atoms with Crippen LogP contribution in [-0.4, -0.2) is 42.9 Å². The second-order valence-electron chi connectivity index (χ2n) is 8.35. The number of hydrogen-bond donors (Lipinski definition) is 0. The maximum absolute atomic E-state index is 13.6. The highest BCUT2D eigenvalue weighted by atomic mass is 19.4. The Morgan fingerprint density at radius 1 is 0.889 bits per heavy atom. The van der Waals surface area contributed by atoms with Crippen molar-refractivity contribution in [3.8, 4) is 0 Å². The molecule has 2 saturated carbocycles. The third kappa shape index (κ3) is 4.46. The third-order valence-electron chi connectivity index (χ3n) is 5.35. The van der Waals surface area contributed by atoms with Gasteiger partial charge in [-0.25, -0.2) is 4.79 Å². The Kier molecular flexibility index (Phi) is 5.73. The predicted octanol–water partition coefficient (Wildman–Crippen LogP) is 5.25. The summed E-state index contributed by atoms with van der Waals surface area (Å²) in [6, 6.07) is 0. The number of carbonyl (C=O) groups is 1. The molecule has 0 spiro atoms. The van der Waals surface area contributed by atoms with E-state index in [0.29, 0.717) is 12.8 Å². The summed E-state index contributed by atoms with van der Waals surface area (Å²) in [5.41, 5.74) is -5.89. The van der Waals surface area contributed by atoms with E-state index in [4.69, 9.17) is 4.74 Å². The molecule has 0 aromatic heterocycles. The van der Waals surface area contributed by atoms with Crippen LogP contribution < -0.4 is 0 Å². The van der Waals surface area contributed by atoms with Crippen LogP contribution in [0.4, 0.5) is 31.1 Å². The molecule has 0 N–H and O–H groups in total. The quantitative estimate of drug-likeness (QED) is 0.472. The van der Waals surface area contributed by atoms with Crippen molar-refractivity contribution in [1.82, 2.24) is 0 Å². The number of methoxy groups -OCH3 is 1. The lowest BCUT2D eigenvalue weighted by atomic mass is 9.78. The van der Waals surface area contributed by atoms with E-state index in [2.05, 4.69) is 9.47 Å². The van der Waals surface area contributed by atoms with Crippen LogP contribution in [0.15, 0.2) is 0 Å². The summed E-state index contributed by atoms with van der Waals surface area (Å²) >= 11 is 0. The third-order valence-corrected chi connectivity index (χ3v) is 5.35. The summed E-state index contributed by atoms with van der Waals surface area (Å²) in [7, 11) is 1.47. The molecule has 4 unspecified atom stereocenters. The average molecular weight is 406 g/mol. The standard InChI is InChI=1S/C17H24F6O4/c1-14(2,3)26-13(24)27-15(16(18,19)20,17(21,22)23)8-11-6-10-5-9(11)7-12(10)25-4/h9-12H,5-8H2,1-4H3. The molecule has 10 heteroatoms. The normalized spacial score (nSPS) is 29.1. The van der Waals surface area contributed by atoms with Gasteiger partial charge >= 0.3 is 24.1 Å². The van der Waals surface area contributed by atoms with Gasteiger partial charge in [-0.15, -0.1) is 0 Å². The zero-order valence-corrected chi connectivity index (χ0v) is 15.5. The minimum atomic E-state index is -5.83. The van der Waals surface area contributed by atoms with Gasteiger partial charge in [-0.3, -0.25) is 0 Å². The first-order chi connectivity index (χ1) is 12.1. The van der Waals surface area contributed by atoms with Crippen molar-refractivity contribution in [1.29, 1.82) is 0 Å². The zero-order valence-electron chi connectivity index (χ0n) is 15.5. The largest absolute Gasteiger partial charge is 0.510 e. The van der Waals surface area contributed by atoms with E-state index in [-0.39, 0.29) is 24.4 Å². The fourth-order valence-electron chi connectivity index (χ4n) is 4.21. The van der Waals surface area contributed by atoms with Gasteiger partial charge in [-0.05, 0) is 57.8 Å². The second kappa shape index (κ2) is 7.00. The van der Waals surface area contributed by atoms with E-state index in [0.717, 1.165) is 0 Å². The van der Waals surface area contributed by atoms with Crippen molar-refractivity contribution < 1.29 is 45.3 Å². The van der Waals surface area contributed by atoms with Gasteiger partial charge in [0.1, 0.15) is 5.60 Å². The highest BCUT2D eigenvalue weighted by Crippen LogP contribution is 2.57. The Morgan fingerprint density at radius 3 is 1.81 bits per heavy atom. The summed E-state index contributed by atoms with van der Waals surface area (Å²) in [5, 5.41) is 0. The lowest BCUT2D eigenvalue weighted by molar-refractivity contribution is -0.374. The van der Waals surface area contributed by atoms with Crippen molar-refractivity contribution in [2.75, 3.05) is 7.11 Å². The Hall–Kier alpha value is -1.19. The number of rotatable bonds is 4. The van der Waals surface area contributed by atoms with E-state index in [1.165, 1.54) is 27.9 Å². The van der Waals surface area contributed by atoms with Crippen molar-refractivity contribution in [3.63, 3.8) is 0 Å². The number of ether oxygens (including phenoxy) is 3. The van der Waals surface area contributed by atoms with Gasteiger partial charge < -0.3 is 14.2 Å². The molecule has 0 saturated heterocycles. The molecule has 2 bridgehead atoms. The summed E-state index contributed by atoms with van der Waals surface area (Å²) in [4.78, 5) is 11.7. The topological polar surface area (TPSA) is 44.8 Å². The maximum atomic E-state index is 13.6. The second-order valence-corrected chi connectivity index (χ2v) is 8.35. The Labute approximate surface area is 153 Å². The molecule has 0 heterocycles. The van der Waals surface area contributed by atoms with Gasteiger partial charge in [-0.2, -0.15) is 26.3 Å². The Morgan fingerprint density at radius 2 is 1.44 bits per heavy atom. The van der Waals surface area contributed by atoms with Crippen molar-refractivity contribution >= 4 is 6.16 Å². The molecule has 4 atom stereocenters. The molecular weight excluding hydrogens is 382 g/mol. The van der Waals surface area contributed by atoms with Crippen molar-refractivity contribution in [3.05, 3.63) is 0 Å². The molecule has 0 amide bonds. The van der Waals surface area contributed by atoms with E-state index < -0.39 is 42.0 Å². The Balaban J connectivity index is 2.29. The van der Waals surface area contributed by atoms with Crippen molar-refractivity contribution in [2.45, 2.75) is 76.1 Å². The van der Waals surface area contributed by atoms with Crippen LogP contribution in [0.3, 0.4) is 0 Å². The molecule has 2 aliphatic rings. The van der Waals surface area contributed by atoms with E-state index in [9.17, 15) is 31.1 Å². The fraction of sp³-hybridized carbons (Fsp3) is 0.941. The van der Waals surface area contributed by atoms with Gasteiger partial charge in [0, 0.05) is 13.5 Å². The van der Waals surface area contributed by atoms with Gasteiger partial charge in [0.25, 0.3) is 0 Å². The SMILES string of the molecule is COC1CC2CC1CC2CC(OC(=O)OC(C)(C)C)(C(F)(F)F)C(F)(F)F. The van der Waals surface area contributed by atoms with Gasteiger partial charge in [-0.1, -0.05) is 0 Å². The number of fused-ring (bicyclic) bond motifs is 2. The van der Waals surface area contributed by atoms with Crippen LogP contribution in [0.1, 0.15) is 46.5 Å². The van der Waals surface area contributed by atoms with Crippen LogP contribution in [0.25, 0.3) is 0 Å². The van der Waals surface area contributed by atoms with Crippen LogP contribution in [-0.2, 0) is 14.2 Å². The molecule has 158 valence electrons. The van der Waals surface area contributed by atoms with Gasteiger partial charge in [0.05, 0.1) is 6.10 Å². The first-order valence-corrected chi connectivity index (χ1v) is 8.68. The van der Waals surface area contributed by atoms with E-state index in [1.54, 1.807) is 0 Å². The minimum Gasteiger partial charge on any atom is -0.429 e. The lowest BCUT2D eigenvalue weighted by Gasteiger charge is -2.40. The molecule has 0 radical (unpaired) electrons. The van der Waals surface area contributed by atoms with E-state index in [1.807, 2.05) is 0 Å². The average Bonchev–Trinajstić information content (AvgIpc) is 3.01. The highest BCUT2D eigenvalue weighted by Gasteiger charge is 2.75. The van der Waals surface area contributed by atoms with Crippen LogP contribution in [0, 0.1) is 17.8 Å². The molecule has 0 aromatic carbocycles. The molecule has 2 fully saturated rings. The summed E-state index contributed by atoms with van der Waals surface area (Å²) < 4.78 is 95.6. The molecule has 0 aromatic rings. The molecule has 4 nitrogen and oxygen atoms in total. The van der Waals surface area contributed by atoms with Gasteiger partial charge in [0.2, 0.25) is 0 Å². The molecule has 27 heavy (non-hydrogen) atoms.